The topological polar surface area (TPSA) is 133 Å². The van der Waals surface area contributed by atoms with Crippen molar-refractivity contribution in [1.82, 2.24) is 20.1 Å². The van der Waals surface area contributed by atoms with E-state index in [0.717, 1.165) is 19.3 Å². The second-order valence-corrected chi connectivity index (χ2v) is 11.7. The summed E-state index contributed by atoms with van der Waals surface area (Å²) in [6.07, 6.45) is 5.01. The van der Waals surface area contributed by atoms with E-state index in [1.54, 1.807) is 54.1 Å². The minimum atomic E-state index is -0.509. The van der Waals surface area contributed by atoms with Gasteiger partial charge in [0.1, 0.15) is 5.75 Å². The van der Waals surface area contributed by atoms with Crippen LogP contribution in [0.25, 0.3) is 0 Å². The lowest BCUT2D eigenvalue weighted by molar-refractivity contribution is -0.0122. The summed E-state index contributed by atoms with van der Waals surface area (Å²) in [5, 5.41) is 15.9. The summed E-state index contributed by atoms with van der Waals surface area (Å²) in [6.45, 7) is 10.4. The summed E-state index contributed by atoms with van der Waals surface area (Å²) < 4.78 is 12.6. The Balaban J connectivity index is 1.94. The Morgan fingerprint density at radius 3 is 2.53 bits per heavy atom. The number of rotatable bonds is 7. The molecule has 0 fully saturated rings. The Morgan fingerprint density at radius 2 is 1.86 bits per heavy atom. The molecule has 11 heteroatoms. The van der Waals surface area contributed by atoms with E-state index in [4.69, 9.17) is 9.47 Å². The molecule has 0 saturated carbocycles. The summed E-state index contributed by atoms with van der Waals surface area (Å²) in [6, 6.07) is 7.56. The van der Waals surface area contributed by atoms with Gasteiger partial charge < -0.3 is 35.0 Å². The number of aliphatic hydroxyl groups excluding tert-OH is 1. The van der Waals surface area contributed by atoms with Crippen LogP contribution in [-0.2, 0) is 4.74 Å². The molecule has 0 saturated heterocycles. The van der Waals surface area contributed by atoms with E-state index in [2.05, 4.69) is 15.6 Å². The van der Waals surface area contributed by atoms with Crippen molar-refractivity contribution in [2.75, 3.05) is 38.7 Å². The minimum Gasteiger partial charge on any atom is -0.490 e. The van der Waals surface area contributed by atoms with Crippen molar-refractivity contribution < 1.29 is 29.0 Å². The number of carbonyl (C=O) groups excluding carboxylic acids is 3. The highest BCUT2D eigenvalue weighted by molar-refractivity contribution is 6.05. The molecule has 43 heavy (non-hydrogen) atoms. The molecular formula is C32H47N5O6. The van der Waals surface area contributed by atoms with Gasteiger partial charge in [0.25, 0.3) is 11.8 Å². The number of likely N-dealkylation sites (N-methyl/N-ethyl adjacent to an activating group) is 1. The molecule has 3 rings (SSSR count). The van der Waals surface area contributed by atoms with Gasteiger partial charge in [-0.2, -0.15) is 0 Å². The third kappa shape index (κ3) is 9.93. The average molecular weight is 598 g/mol. The number of urea groups is 1. The van der Waals surface area contributed by atoms with E-state index < -0.39 is 6.04 Å². The summed E-state index contributed by atoms with van der Waals surface area (Å²) in [5.41, 5.74) is 1.17. The Morgan fingerprint density at radius 1 is 1.14 bits per heavy atom. The van der Waals surface area contributed by atoms with Crippen LogP contribution in [0.2, 0.25) is 0 Å². The molecule has 236 valence electrons. The number of pyridine rings is 1. The van der Waals surface area contributed by atoms with Crippen molar-refractivity contribution in [2.24, 2.45) is 5.92 Å². The fourth-order valence-electron chi connectivity index (χ4n) is 4.88. The van der Waals surface area contributed by atoms with Crippen molar-refractivity contribution in [3.8, 4) is 5.75 Å². The highest BCUT2D eigenvalue weighted by Crippen LogP contribution is 2.28. The van der Waals surface area contributed by atoms with Gasteiger partial charge in [0.15, 0.2) is 0 Å². The van der Waals surface area contributed by atoms with Crippen LogP contribution >= 0.6 is 0 Å². The largest absolute Gasteiger partial charge is 0.490 e. The average Bonchev–Trinajstić information content (AvgIpc) is 2.98. The van der Waals surface area contributed by atoms with E-state index in [0.29, 0.717) is 30.2 Å². The van der Waals surface area contributed by atoms with Gasteiger partial charge in [-0.15, -0.1) is 0 Å². The zero-order valence-electron chi connectivity index (χ0n) is 26.2. The number of carbonyl (C=O) groups is 3. The molecule has 0 radical (unpaired) electrons. The lowest BCUT2D eigenvalue weighted by Gasteiger charge is -2.36. The standard InChI is InChI=1S/C32H47N5O6/c1-21(2)34-32(41)36(6)19-29-22(3)18-37(23(4)20-38)31(40)27-17-26(35-30(39)25-12-14-33-15-13-25)10-11-28(27)43-24(5)9-7-8-16-42-29/h10-15,17,21-24,29,38H,7-9,16,18-20H2,1-6H3,(H,34,41)(H,35,39)/t22-,23+,24+,29+/m0/s1. The predicted octanol–water partition coefficient (Wildman–Crippen LogP) is 4.18. The van der Waals surface area contributed by atoms with Gasteiger partial charge in [0.05, 0.1) is 30.4 Å². The third-order valence-corrected chi connectivity index (χ3v) is 7.46. The zero-order valence-corrected chi connectivity index (χ0v) is 26.2. The van der Waals surface area contributed by atoms with Crippen LogP contribution in [0.5, 0.6) is 5.75 Å². The van der Waals surface area contributed by atoms with Crippen molar-refractivity contribution >= 4 is 23.5 Å². The molecule has 1 aliphatic rings. The first-order chi connectivity index (χ1) is 20.5. The number of hydrogen-bond donors (Lipinski definition) is 3. The minimum absolute atomic E-state index is 0.000505. The molecule has 0 bridgehead atoms. The number of benzene rings is 1. The number of hydrogen-bond acceptors (Lipinski definition) is 7. The van der Waals surface area contributed by atoms with Gasteiger partial charge in [0, 0.05) is 62.3 Å². The maximum Gasteiger partial charge on any atom is 0.317 e. The molecule has 1 aromatic heterocycles. The van der Waals surface area contributed by atoms with E-state index in [1.165, 1.54) is 12.4 Å². The van der Waals surface area contributed by atoms with Crippen LogP contribution in [-0.4, -0.2) is 95.4 Å². The zero-order chi connectivity index (χ0) is 31.5. The SMILES string of the molecule is CC(C)NC(=O)N(C)C[C@H]1OCCCC[C@@H](C)Oc2ccc(NC(=O)c3ccncc3)cc2C(=O)N([C@H](C)CO)C[C@@H]1C. The maximum absolute atomic E-state index is 14.2. The Labute approximate surface area is 254 Å². The molecule has 4 amide bonds. The van der Waals surface area contributed by atoms with Gasteiger partial charge in [0.2, 0.25) is 0 Å². The number of nitrogens with zero attached hydrogens (tertiary/aromatic N) is 3. The van der Waals surface area contributed by atoms with E-state index in [-0.39, 0.29) is 60.7 Å². The van der Waals surface area contributed by atoms with Crippen molar-refractivity contribution in [2.45, 2.75) is 78.2 Å². The van der Waals surface area contributed by atoms with Crippen LogP contribution in [0.3, 0.4) is 0 Å². The lowest BCUT2D eigenvalue weighted by atomic mass is 10.0. The molecule has 1 aliphatic heterocycles. The second kappa shape index (κ2) is 16.2. The fourth-order valence-corrected chi connectivity index (χ4v) is 4.88. The number of nitrogens with one attached hydrogen (secondary N) is 2. The molecule has 2 heterocycles. The lowest BCUT2D eigenvalue weighted by Crippen LogP contribution is -2.49. The van der Waals surface area contributed by atoms with Crippen LogP contribution in [0.1, 0.15) is 74.6 Å². The molecule has 1 aromatic carbocycles. The number of aromatic nitrogens is 1. The normalized spacial score (nSPS) is 20.8. The first-order valence-electron chi connectivity index (χ1n) is 15.1. The van der Waals surface area contributed by atoms with Crippen LogP contribution in [0.15, 0.2) is 42.7 Å². The Kier molecular flexibility index (Phi) is 12.8. The van der Waals surface area contributed by atoms with E-state index in [9.17, 15) is 19.5 Å². The van der Waals surface area contributed by atoms with Crippen LogP contribution in [0.4, 0.5) is 10.5 Å². The van der Waals surface area contributed by atoms with Gasteiger partial charge in [-0.05, 0) is 77.3 Å². The molecular weight excluding hydrogens is 550 g/mol. The van der Waals surface area contributed by atoms with Crippen molar-refractivity contribution in [3.05, 3.63) is 53.9 Å². The summed E-state index contributed by atoms with van der Waals surface area (Å²) in [7, 11) is 1.73. The van der Waals surface area contributed by atoms with Gasteiger partial charge in [-0.25, -0.2) is 4.79 Å². The Bertz CT molecular complexity index is 1210. The van der Waals surface area contributed by atoms with Crippen LogP contribution in [0, 0.1) is 5.92 Å². The Hall–Kier alpha value is -3.70. The fraction of sp³-hybridized carbons (Fsp3) is 0.562. The maximum atomic E-state index is 14.2. The predicted molar refractivity (Wildman–Crippen MR) is 165 cm³/mol. The molecule has 2 aromatic rings. The van der Waals surface area contributed by atoms with Crippen molar-refractivity contribution in [3.63, 3.8) is 0 Å². The summed E-state index contributed by atoms with van der Waals surface area (Å²) in [4.78, 5) is 46.9. The molecule has 3 N–H and O–H groups in total. The second-order valence-electron chi connectivity index (χ2n) is 11.7. The van der Waals surface area contributed by atoms with Gasteiger partial charge in [-0.3, -0.25) is 14.6 Å². The smallest absolute Gasteiger partial charge is 0.317 e. The highest BCUT2D eigenvalue weighted by Gasteiger charge is 2.31. The number of anilines is 1. The number of ether oxygens (including phenoxy) is 2. The molecule has 11 nitrogen and oxygen atoms in total. The van der Waals surface area contributed by atoms with E-state index >= 15 is 0 Å². The highest BCUT2D eigenvalue weighted by atomic mass is 16.5. The van der Waals surface area contributed by atoms with Gasteiger partial charge >= 0.3 is 6.03 Å². The molecule has 4 atom stereocenters. The quantitative estimate of drug-likeness (QED) is 0.436. The van der Waals surface area contributed by atoms with E-state index in [1.807, 2.05) is 27.7 Å². The number of fused-ring (bicyclic) bond motifs is 1. The molecule has 0 unspecified atom stereocenters. The first kappa shape index (κ1) is 33.8. The first-order valence-corrected chi connectivity index (χ1v) is 15.1. The number of aliphatic hydroxyl groups is 1. The third-order valence-electron chi connectivity index (χ3n) is 7.46. The number of amides is 4. The summed E-state index contributed by atoms with van der Waals surface area (Å²) >= 11 is 0. The van der Waals surface area contributed by atoms with Crippen LogP contribution < -0.4 is 15.4 Å². The molecule has 0 aliphatic carbocycles. The monoisotopic (exact) mass is 597 g/mol. The van der Waals surface area contributed by atoms with Crippen molar-refractivity contribution in [1.29, 1.82) is 0 Å². The molecule has 0 spiro atoms. The van der Waals surface area contributed by atoms with Gasteiger partial charge in [-0.1, -0.05) is 6.92 Å². The summed E-state index contributed by atoms with van der Waals surface area (Å²) in [5.74, 6) is -0.424.